The van der Waals surface area contributed by atoms with Crippen molar-refractivity contribution in [1.82, 2.24) is 4.72 Å². The van der Waals surface area contributed by atoms with E-state index in [9.17, 15) is 16.8 Å². The number of nitrogens with one attached hydrogen (secondary N) is 1. The molecule has 0 radical (unpaired) electrons. The topological polar surface area (TPSA) is 80.3 Å². The van der Waals surface area contributed by atoms with Gasteiger partial charge in [0.1, 0.15) is 0 Å². The lowest BCUT2D eigenvalue weighted by molar-refractivity contribution is 0.472. The van der Waals surface area contributed by atoms with Crippen molar-refractivity contribution in [3.05, 3.63) is 60.2 Å². The molecule has 0 spiro atoms. The second-order valence-corrected chi connectivity index (χ2v) is 10.2. The Hall–Kier alpha value is -1.70. The highest BCUT2D eigenvalue weighted by Crippen LogP contribution is 2.24. The third-order valence-corrected chi connectivity index (χ3v) is 6.33. The van der Waals surface area contributed by atoms with E-state index < -0.39 is 19.9 Å². The van der Waals surface area contributed by atoms with Gasteiger partial charge in [0.05, 0.1) is 9.79 Å². The van der Waals surface area contributed by atoms with Gasteiger partial charge < -0.3 is 0 Å². The van der Waals surface area contributed by atoms with Gasteiger partial charge in [-0.15, -0.1) is 0 Å². The Bertz CT molecular complexity index is 921. The Morgan fingerprint density at radius 3 is 2.04 bits per heavy atom. The summed E-state index contributed by atoms with van der Waals surface area (Å²) < 4.78 is 51.6. The molecule has 0 aliphatic rings. The number of rotatable bonds is 7. The molecule has 0 bridgehead atoms. The van der Waals surface area contributed by atoms with Gasteiger partial charge in [-0.2, -0.15) is 0 Å². The summed E-state index contributed by atoms with van der Waals surface area (Å²) in [7, 11) is -7.33. The zero-order valence-electron chi connectivity index (χ0n) is 14.5. The molecule has 0 aromatic heterocycles. The molecule has 0 saturated heterocycles. The van der Waals surface area contributed by atoms with E-state index in [0.717, 1.165) is 11.8 Å². The lowest BCUT2D eigenvalue weighted by Crippen LogP contribution is -2.29. The zero-order valence-corrected chi connectivity index (χ0v) is 16.1. The summed E-state index contributed by atoms with van der Waals surface area (Å²) in [5, 5.41) is 0. The monoisotopic (exact) mass is 381 g/mol. The molecule has 2 rings (SSSR count). The van der Waals surface area contributed by atoms with Crippen LogP contribution in [0.3, 0.4) is 0 Å². The molecule has 0 aliphatic carbocycles. The van der Waals surface area contributed by atoms with Crippen molar-refractivity contribution in [2.45, 2.75) is 36.1 Å². The van der Waals surface area contributed by atoms with Gasteiger partial charge in [0.15, 0.2) is 9.84 Å². The van der Waals surface area contributed by atoms with Crippen molar-refractivity contribution in [2.24, 2.45) is 5.92 Å². The van der Waals surface area contributed by atoms with Crippen molar-refractivity contribution in [3.63, 3.8) is 0 Å². The van der Waals surface area contributed by atoms with Crippen LogP contribution in [0.25, 0.3) is 0 Å². The number of benzene rings is 2. The van der Waals surface area contributed by atoms with Crippen LogP contribution in [0.2, 0.25) is 0 Å². The van der Waals surface area contributed by atoms with Crippen LogP contribution in [0.5, 0.6) is 0 Å². The van der Waals surface area contributed by atoms with E-state index in [0.29, 0.717) is 6.42 Å². The standard InChI is InChI=1S/C18H23NO4S2/c1-14(2)12-18(15-8-5-4-6-9-15)19-25(22,23)17-11-7-10-16(13-17)24(3,20)21/h4-11,13-14,18-19H,12H2,1-3H3. The third-order valence-electron chi connectivity index (χ3n) is 3.75. The van der Waals surface area contributed by atoms with Crippen LogP contribution in [0.4, 0.5) is 0 Å². The van der Waals surface area contributed by atoms with Gasteiger partial charge in [0.2, 0.25) is 10.0 Å². The van der Waals surface area contributed by atoms with Gasteiger partial charge in [0.25, 0.3) is 0 Å². The van der Waals surface area contributed by atoms with Crippen LogP contribution in [0.15, 0.2) is 64.4 Å². The minimum atomic E-state index is -3.85. The highest BCUT2D eigenvalue weighted by atomic mass is 32.2. The number of hydrogen-bond acceptors (Lipinski definition) is 4. The van der Waals surface area contributed by atoms with Crippen LogP contribution < -0.4 is 4.72 Å². The Balaban J connectivity index is 2.38. The Kier molecular flexibility index (Phi) is 6.03. The predicted octanol–water partition coefficient (Wildman–Crippen LogP) is 3.16. The number of sulfonamides is 1. The van der Waals surface area contributed by atoms with E-state index in [-0.39, 0.29) is 21.8 Å². The van der Waals surface area contributed by atoms with Gasteiger partial charge in [0, 0.05) is 12.3 Å². The van der Waals surface area contributed by atoms with Crippen molar-refractivity contribution < 1.29 is 16.8 Å². The molecule has 136 valence electrons. The molecular formula is C18H23NO4S2. The highest BCUT2D eigenvalue weighted by molar-refractivity contribution is 7.91. The average molecular weight is 382 g/mol. The van der Waals surface area contributed by atoms with Crippen LogP contribution in [0, 0.1) is 5.92 Å². The van der Waals surface area contributed by atoms with Crippen molar-refractivity contribution in [3.8, 4) is 0 Å². The SMILES string of the molecule is CC(C)CC(NS(=O)(=O)c1cccc(S(C)(=O)=O)c1)c1ccccc1. The highest BCUT2D eigenvalue weighted by Gasteiger charge is 2.23. The van der Waals surface area contributed by atoms with E-state index in [2.05, 4.69) is 4.72 Å². The third kappa shape index (κ3) is 5.39. The van der Waals surface area contributed by atoms with Crippen LogP contribution in [0.1, 0.15) is 31.9 Å². The van der Waals surface area contributed by atoms with Crippen molar-refractivity contribution >= 4 is 19.9 Å². The molecule has 1 unspecified atom stereocenters. The first kappa shape index (κ1) is 19.6. The van der Waals surface area contributed by atoms with Gasteiger partial charge >= 0.3 is 0 Å². The lowest BCUT2D eigenvalue weighted by atomic mass is 9.98. The Morgan fingerprint density at radius 1 is 0.880 bits per heavy atom. The van der Waals surface area contributed by atoms with Crippen LogP contribution in [-0.2, 0) is 19.9 Å². The first-order valence-corrected chi connectivity index (χ1v) is 11.3. The van der Waals surface area contributed by atoms with Crippen molar-refractivity contribution in [2.75, 3.05) is 6.26 Å². The van der Waals surface area contributed by atoms with Crippen molar-refractivity contribution in [1.29, 1.82) is 0 Å². The van der Waals surface area contributed by atoms with Gasteiger partial charge in [-0.05, 0) is 36.1 Å². The average Bonchev–Trinajstić information content (AvgIpc) is 2.54. The summed E-state index contributed by atoms with van der Waals surface area (Å²) in [4.78, 5) is -0.0735. The maximum absolute atomic E-state index is 12.8. The molecule has 1 atom stereocenters. The normalized spacial score (nSPS) is 13.8. The fourth-order valence-corrected chi connectivity index (χ4v) is 4.56. The molecule has 0 saturated carbocycles. The maximum Gasteiger partial charge on any atom is 0.241 e. The summed E-state index contributed by atoms with van der Waals surface area (Å²) >= 11 is 0. The molecule has 0 heterocycles. The summed E-state index contributed by atoms with van der Waals surface area (Å²) in [5.74, 6) is 0.287. The van der Waals surface area contributed by atoms with Crippen LogP contribution >= 0.6 is 0 Å². The fourth-order valence-electron chi connectivity index (χ4n) is 2.54. The second kappa shape index (κ2) is 7.68. The largest absolute Gasteiger partial charge is 0.241 e. The minimum Gasteiger partial charge on any atom is -0.224 e. The van der Waals surface area contributed by atoms with Gasteiger partial charge in [-0.3, -0.25) is 0 Å². The minimum absolute atomic E-state index is 0.0181. The second-order valence-electron chi connectivity index (χ2n) is 6.46. The van der Waals surface area contributed by atoms with E-state index in [4.69, 9.17) is 0 Å². The molecule has 2 aromatic carbocycles. The quantitative estimate of drug-likeness (QED) is 0.799. The molecule has 1 N–H and O–H groups in total. The molecule has 0 aliphatic heterocycles. The number of hydrogen-bond donors (Lipinski definition) is 1. The Morgan fingerprint density at radius 2 is 1.48 bits per heavy atom. The fraction of sp³-hybridized carbons (Fsp3) is 0.333. The van der Waals surface area contributed by atoms with Gasteiger partial charge in [-0.1, -0.05) is 50.2 Å². The first-order valence-electron chi connectivity index (χ1n) is 7.97. The van der Waals surface area contributed by atoms with E-state index in [1.165, 1.54) is 24.3 Å². The molecule has 25 heavy (non-hydrogen) atoms. The maximum atomic E-state index is 12.8. The van der Waals surface area contributed by atoms with E-state index in [1.54, 1.807) is 0 Å². The molecule has 2 aromatic rings. The number of sulfone groups is 1. The van der Waals surface area contributed by atoms with E-state index >= 15 is 0 Å². The predicted molar refractivity (Wildman–Crippen MR) is 98.5 cm³/mol. The van der Waals surface area contributed by atoms with Crippen LogP contribution in [-0.4, -0.2) is 23.1 Å². The molecule has 0 amide bonds. The van der Waals surface area contributed by atoms with E-state index in [1.807, 2.05) is 44.2 Å². The zero-order chi connectivity index (χ0) is 18.7. The molecular weight excluding hydrogens is 358 g/mol. The lowest BCUT2D eigenvalue weighted by Gasteiger charge is -2.21. The summed E-state index contributed by atoms with van der Waals surface area (Å²) in [6.45, 7) is 4.04. The Labute approximate surface area is 150 Å². The summed E-state index contributed by atoms with van der Waals surface area (Å²) in [6, 6.07) is 14.4. The molecule has 5 nitrogen and oxygen atoms in total. The smallest absolute Gasteiger partial charge is 0.224 e. The summed E-state index contributed by atoms with van der Waals surface area (Å²) in [6.07, 6.45) is 1.69. The first-order chi connectivity index (χ1) is 11.6. The summed E-state index contributed by atoms with van der Waals surface area (Å²) in [5.41, 5.74) is 0.874. The van der Waals surface area contributed by atoms with Gasteiger partial charge in [-0.25, -0.2) is 21.6 Å². The molecule has 0 fully saturated rings. The molecule has 7 heteroatoms.